The van der Waals surface area contributed by atoms with Crippen molar-refractivity contribution in [2.24, 2.45) is 0 Å². The van der Waals surface area contributed by atoms with E-state index < -0.39 is 0 Å². The zero-order valence-electron chi connectivity index (χ0n) is 9.50. The maximum absolute atomic E-state index is 4.21. The summed E-state index contributed by atoms with van der Waals surface area (Å²) in [6.45, 7) is 5.43. The maximum atomic E-state index is 4.21. The summed E-state index contributed by atoms with van der Waals surface area (Å²) in [5.41, 5.74) is 1.12. The molecule has 0 unspecified atom stereocenters. The van der Waals surface area contributed by atoms with Gasteiger partial charge in [-0.3, -0.25) is 0 Å². The van der Waals surface area contributed by atoms with Crippen LogP contribution in [0.1, 0.15) is 51.1 Å². The van der Waals surface area contributed by atoms with Gasteiger partial charge in [0.2, 0.25) is 0 Å². The smallest absolute Gasteiger partial charge is 0.0949 e. The summed E-state index contributed by atoms with van der Waals surface area (Å²) in [7, 11) is 0. The Kier molecular flexibility index (Phi) is 5.35. The lowest BCUT2D eigenvalue weighted by Gasteiger charge is -2.01. The van der Waals surface area contributed by atoms with Gasteiger partial charge in [0.15, 0.2) is 0 Å². The minimum atomic E-state index is 1.12. The number of aromatic nitrogens is 2. The van der Waals surface area contributed by atoms with Crippen LogP contribution in [0.4, 0.5) is 0 Å². The second-order valence-electron chi connectivity index (χ2n) is 4.02. The van der Waals surface area contributed by atoms with Crippen molar-refractivity contribution in [2.75, 3.05) is 0 Å². The highest BCUT2D eigenvalue weighted by Crippen LogP contribution is 2.06. The normalized spacial score (nSPS) is 10.7. The molecule has 0 aromatic carbocycles. The van der Waals surface area contributed by atoms with E-state index in [1.807, 2.05) is 13.3 Å². The van der Waals surface area contributed by atoms with E-state index >= 15 is 0 Å². The van der Waals surface area contributed by atoms with Gasteiger partial charge in [-0.1, -0.05) is 39.0 Å². The molecule has 0 fully saturated rings. The topological polar surface area (TPSA) is 17.8 Å². The molecule has 0 spiro atoms. The standard InChI is InChI=1S/C12H22N2/c1-3-4-5-6-7-8-9-14-10-12(2)13-11-14/h10-11H,3-9H2,1-2H3. The van der Waals surface area contributed by atoms with Gasteiger partial charge in [-0.2, -0.15) is 0 Å². The first kappa shape index (κ1) is 11.3. The van der Waals surface area contributed by atoms with Gasteiger partial charge < -0.3 is 4.57 Å². The van der Waals surface area contributed by atoms with Crippen LogP contribution in [0.25, 0.3) is 0 Å². The molecule has 0 aliphatic rings. The first-order chi connectivity index (χ1) is 6.83. The molecule has 1 aromatic heterocycles. The molecular formula is C12H22N2. The number of hydrogen-bond acceptors (Lipinski definition) is 1. The molecule has 1 aromatic rings. The number of unbranched alkanes of at least 4 members (excludes halogenated alkanes) is 5. The van der Waals surface area contributed by atoms with Gasteiger partial charge in [0.1, 0.15) is 0 Å². The lowest BCUT2D eigenvalue weighted by Crippen LogP contribution is -1.94. The predicted octanol–water partition coefficient (Wildman–Crippen LogP) is 3.55. The third kappa shape index (κ3) is 4.45. The maximum Gasteiger partial charge on any atom is 0.0949 e. The van der Waals surface area contributed by atoms with Crippen molar-refractivity contribution in [2.45, 2.75) is 58.9 Å². The third-order valence-electron chi connectivity index (χ3n) is 2.53. The fourth-order valence-corrected chi connectivity index (χ4v) is 1.67. The second kappa shape index (κ2) is 6.63. The molecular weight excluding hydrogens is 172 g/mol. The Morgan fingerprint density at radius 3 is 2.50 bits per heavy atom. The van der Waals surface area contributed by atoms with Crippen LogP contribution in [-0.4, -0.2) is 9.55 Å². The minimum Gasteiger partial charge on any atom is -0.337 e. The number of aryl methyl sites for hydroxylation is 2. The lowest BCUT2D eigenvalue weighted by atomic mass is 10.1. The molecule has 0 N–H and O–H groups in total. The van der Waals surface area contributed by atoms with E-state index in [-0.39, 0.29) is 0 Å². The summed E-state index contributed by atoms with van der Waals surface area (Å²) in [4.78, 5) is 4.21. The van der Waals surface area contributed by atoms with Crippen molar-refractivity contribution in [3.63, 3.8) is 0 Å². The monoisotopic (exact) mass is 194 g/mol. The average Bonchev–Trinajstić information content (AvgIpc) is 2.58. The van der Waals surface area contributed by atoms with Crippen LogP contribution in [0.15, 0.2) is 12.5 Å². The van der Waals surface area contributed by atoms with Crippen LogP contribution in [0, 0.1) is 6.92 Å². The van der Waals surface area contributed by atoms with Crippen LogP contribution in [0.5, 0.6) is 0 Å². The van der Waals surface area contributed by atoms with Crippen molar-refractivity contribution < 1.29 is 0 Å². The number of hydrogen-bond donors (Lipinski definition) is 0. The van der Waals surface area contributed by atoms with E-state index in [4.69, 9.17) is 0 Å². The van der Waals surface area contributed by atoms with Crippen LogP contribution in [0.2, 0.25) is 0 Å². The fraction of sp³-hybridized carbons (Fsp3) is 0.750. The van der Waals surface area contributed by atoms with Crippen LogP contribution in [0.3, 0.4) is 0 Å². The Hall–Kier alpha value is -0.790. The van der Waals surface area contributed by atoms with E-state index in [1.54, 1.807) is 0 Å². The highest BCUT2D eigenvalue weighted by Gasteiger charge is 1.93. The Labute approximate surface area is 87.4 Å². The second-order valence-corrected chi connectivity index (χ2v) is 4.02. The van der Waals surface area contributed by atoms with Crippen molar-refractivity contribution in [3.05, 3.63) is 18.2 Å². The molecule has 0 bridgehead atoms. The van der Waals surface area contributed by atoms with Crippen LogP contribution >= 0.6 is 0 Å². The van der Waals surface area contributed by atoms with Crippen LogP contribution in [-0.2, 0) is 6.54 Å². The summed E-state index contributed by atoms with van der Waals surface area (Å²) in [6.07, 6.45) is 12.2. The van der Waals surface area contributed by atoms with Crippen molar-refractivity contribution in [3.8, 4) is 0 Å². The van der Waals surface area contributed by atoms with Gasteiger partial charge in [0.25, 0.3) is 0 Å². The molecule has 1 heterocycles. The predicted molar refractivity (Wildman–Crippen MR) is 60.3 cm³/mol. The van der Waals surface area contributed by atoms with E-state index in [1.165, 1.54) is 38.5 Å². The molecule has 0 saturated carbocycles. The molecule has 2 heteroatoms. The number of nitrogens with zero attached hydrogens (tertiary/aromatic N) is 2. The number of rotatable bonds is 7. The van der Waals surface area contributed by atoms with Gasteiger partial charge >= 0.3 is 0 Å². The molecule has 0 atom stereocenters. The Morgan fingerprint density at radius 2 is 1.86 bits per heavy atom. The highest BCUT2D eigenvalue weighted by molar-refractivity contribution is 4.91. The average molecular weight is 194 g/mol. The Bertz CT molecular complexity index is 240. The first-order valence-corrected chi connectivity index (χ1v) is 5.81. The molecule has 0 aliphatic carbocycles. The quantitative estimate of drug-likeness (QED) is 0.607. The van der Waals surface area contributed by atoms with Crippen molar-refractivity contribution in [1.82, 2.24) is 9.55 Å². The van der Waals surface area contributed by atoms with Gasteiger partial charge in [-0.25, -0.2) is 4.98 Å². The molecule has 1 rings (SSSR count). The van der Waals surface area contributed by atoms with Crippen molar-refractivity contribution >= 4 is 0 Å². The molecule has 14 heavy (non-hydrogen) atoms. The number of imidazole rings is 1. The molecule has 2 nitrogen and oxygen atoms in total. The zero-order valence-corrected chi connectivity index (χ0v) is 9.50. The van der Waals surface area contributed by atoms with E-state index in [9.17, 15) is 0 Å². The van der Waals surface area contributed by atoms with E-state index in [0.717, 1.165) is 12.2 Å². The summed E-state index contributed by atoms with van der Waals surface area (Å²) < 4.78 is 2.19. The largest absolute Gasteiger partial charge is 0.337 e. The van der Waals surface area contributed by atoms with Gasteiger partial charge in [0, 0.05) is 12.7 Å². The lowest BCUT2D eigenvalue weighted by molar-refractivity contribution is 0.557. The SMILES string of the molecule is CCCCCCCCn1cnc(C)c1. The third-order valence-corrected chi connectivity index (χ3v) is 2.53. The fourth-order valence-electron chi connectivity index (χ4n) is 1.67. The van der Waals surface area contributed by atoms with E-state index in [2.05, 4.69) is 22.7 Å². The molecule has 0 amide bonds. The van der Waals surface area contributed by atoms with Gasteiger partial charge in [-0.05, 0) is 13.3 Å². The molecule has 80 valence electrons. The summed E-state index contributed by atoms with van der Waals surface area (Å²) in [5.74, 6) is 0. The van der Waals surface area contributed by atoms with Gasteiger partial charge in [0.05, 0.1) is 12.0 Å². The summed E-state index contributed by atoms with van der Waals surface area (Å²) in [5, 5.41) is 0. The van der Waals surface area contributed by atoms with E-state index in [0.29, 0.717) is 0 Å². The Morgan fingerprint density at radius 1 is 1.14 bits per heavy atom. The highest BCUT2D eigenvalue weighted by atomic mass is 15.0. The van der Waals surface area contributed by atoms with Crippen LogP contribution < -0.4 is 0 Å². The first-order valence-electron chi connectivity index (χ1n) is 5.81. The molecule has 0 radical (unpaired) electrons. The van der Waals surface area contributed by atoms with Gasteiger partial charge in [-0.15, -0.1) is 0 Å². The van der Waals surface area contributed by atoms with Crippen molar-refractivity contribution in [1.29, 1.82) is 0 Å². The summed E-state index contributed by atoms with van der Waals surface area (Å²) >= 11 is 0. The Balaban J connectivity index is 1.99. The zero-order chi connectivity index (χ0) is 10.2. The molecule has 0 saturated heterocycles. The minimum absolute atomic E-state index is 1.12. The molecule has 0 aliphatic heterocycles. The summed E-state index contributed by atoms with van der Waals surface area (Å²) in [6, 6.07) is 0.